The first kappa shape index (κ1) is 22.6. The van der Waals surface area contributed by atoms with Crippen LogP contribution in [0.15, 0.2) is 66.7 Å². The zero-order valence-corrected chi connectivity index (χ0v) is 17.6. The largest absolute Gasteiger partial charge is 0.469 e. The van der Waals surface area contributed by atoms with Gasteiger partial charge in [-0.2, -0.15) is 17.6 Å². The van der Waals surface area contributed by atoms with Crippen LogP contribution in [0.25, 0.3) is 11.3 Å². The number of nitrogens with one attached hydrogen (secondary N) is 2. The highest BCUT2D eigenvalue weighted by Gasteiger charge is 2.66. The van der Waals surface area contributed by atoms with Crippen LogP contribution in [0.4, 0.5) is 36.8 Å². The Labute approximate surface area is 194 Å². The van der Waals surface area contributed by atoms with Crippen LogP contribution in [0, 0.1) is 11.6 Å². The number of hydrazine groups is 1. The van der Waals surface area contributed by atoms with Crippen molar-refractivity contribution in [1.82, 2.24) is 10.4 Å². The van der Waals surface area contributed by atoms with Gasteiger partial charge in [0, 0.05) is 11.3 Å². The highest BCUT2D eigenvalue weighted by molar-refractivity contribution is 5.98. The highest BCUT2D eigenvalue weighted by atomic mass is 19.3. The van der Waals surface area contributed by atoms with Gasteiger partial charge in [-0.1, -0.05) is 12.1 Å². The fourth-order valence-electron chi connectivity index (χ4n) is 3.84. The van der Waals surface area contributed by atoms with Crippen LogP contribution in [0.1, 0.15) is 16.7 Å². The van der Waals surface area contributed by atoms with Crippen LogP contribution in [-0.2, 0) is 5.92 Å². The van der Waals surface area contributed by atoms with E-state index in [1.54, 1.807) is 0 Å². The molecule has 0 aromatic heterocycles. The van der Waals surface area contributed by atoms with Crippen molar-refractivity contribution in [2.75, 3.05) is 11.9 Å². The Morgan fingerprint density at radius 1 is 0.886 bits per heavy atom. The summed E-state index contributed by atoms with van der Waals surface area (Å²) >= 11 is 0. The molecule has 2 aliphatic rings. The minimum Gasteiger partial charge on any atom is -0.427 e. The Hall–Kier alpha value is -4.15. The lowest BCUT2D eigenvalue weighted by Gasteiger charge is -2.19. The number of fused-ring (bicyclic) bond motifs is 1. The molecular weight excluding hydrogens is 476 g/mol. The van der Waals surface area contributed by atoms with Gasteiger partial charge < -0.3 is 10.1 Å². The van der Waals surface area contributed by atoms with Crippen LogP contribution in [0.3, 0.4) is 0 Å². The molecule has 3 aromatic carbocycles. The van der Waals surface area contributed by atoms with Crippen molar-refractivity contribution in [2.24, 2.45) is 0 Å². The average Bonchev–Trinajstić information content (AvgIpc) is 3.33. The molecule has 3 aromatic rings. The maximum Gasteiger partial charge on any atom is 0.469 e. The second-order valence-corrected chi connectivity index (χ2v) is 7.90. The van der Waals surface area contributed by atoms with Crippen LogP contribution in [0.5, 0.6) is 5.75 Å². The standard InChI is InChI=1S/C24H15F6N3O2/c25-15-5-1-13(2-6-15)18-12-33(32-21(18)14-3-7-16(26)8-4-14)22(34)31-17-9-10-20-19(11-17)23(27,28)24(29,30)35-20/h1-11,32H,12H2,(H,31,34). The lowest BCUT2D eigenvalue weighted by Crippen LogP contribution is -2.40. The zero-order valence-electron chi connectivity index (χ0n) is 17.6. The fourth-order valence-corrected chi connectivity index (χ4v) is 3.84. The van der Waals surface area contributed by atoms with E-state index in [2.05, 4.69) is 15.5 Å². The topological polar surface area (TPSA) is 53.6 Å². The Morgan fingerprint density at radius 2 is 1.49 bits per heavy atom. The molecule has 2 heterocycles. The summed E-state index contributed by atoms with van der Waals surface area (Å²) in [5.74, 6) is -6.17. The van der Waals surface area contributed by atoms with Gasteiger partial charge in [0.2, 0.25) is 0 Å². The van der Waals surface area contributed by atoms with E-state index >= 15 is 0 Å². The third-order valence-electron chi connectivity index (χ3n) is 5.61. The Morgan fingerprint density at radius 3 is 2.11 bits per heavy atom. The third kappa shape index (κ3) is 3.92. The minimum atomic E-state index is -4.70. The van der Waals surface area contributed by atoms with E-state index in [0.717, 1.165) is 23.2 Å². The number of amides is 2. The molecule has 0 spiro atoms. The first-order valence-electron chi connectivity index (χ1n) is 10.2. The lowest BCUT2D eigenvalue weighted by molar-refractivity contribution is -0.296. The molecule has 0 bridgehead atoms. The number of ether oxygens (including phenoxy) is 1. The van der Waals surface area contributed by atoms with Crippen molar-refractivity contribution in [2.45, 2.75) is 12.0 Å². The number of carbonyl (C=O) groups is 1. The maximum atomic E-state index is 14.0. The maximum absolute atomic E-state index is 14.0. The summed E-state index contributed by atoms with van der Waals surface area (Å²) in [5, 5.41) is 3.50. The molecule has 5 rings (SSSR count). The van der Waals surface area contributed by atoms with Gasteiger partial charge in [0.1, 0.15) is 17.4 Å². The van der Waals surface area contributed by atoms with E-state index in [1.165, 1.54) is 48.5 Å². The van der Waals surface area contributed by atoms with Gasteiger partial charge in [0.15, 0.2) is 0 Å². The van der Waals surface area contributed by atoms with Crippen molar-refractivity contribution in [3.05, 3.63) is 95.1 Å². The van der Waals surface area contributed by atoms with Crippen LogP contribution in [0.2, 0.25) is 0 Å². The van der Waals surface area contributed by atoms with Gasteiger partial charge in [-0.15, -0.1) is 0 Å². The van der Waals surface area contributed by atoms with E-state index in [9.17, 15) is 31.1 Å². The van der Waals surface area contributed by atoms with Gasteiger partial charge in [0.25, 0.3) is 0 Å². The molecule has 0 unspecified atom stereocenters. The predicted molar refractivity (Wildman–Crippen MR) is 114 cm³/mol. The quantitative estimate of drug-likeness (QED) is 0.445. The summed E-state index contributed by atoms with van der Waals surface area (Å²) in [7, 11) is 0. The van der Waals surface area contributed by atoms with Gasteiger partial charge in [-0.05, 0) is 65.7 Å². The molecule has 2 aliphatic heterocycles. The molecule has 180 valence electrons. The van der Waals surface area contributed by atoms with E-state index < -0.39 is 41.0 Å². The van der Waals surface area contributed by atoms with Crippen LogP contribution < -0.4 is 15.5 Å². The molecule has 5 nitrogen and oxygen atoms in total. The van der Waals surface area contributed by atoms with Gasteiger partial charge in [-0.25, -0.2) is 18.6 Å². The van der Waals surface area contributed by atoms with Crippen molar-refractivity contribution in [3.63, 3.8) is 0 Å². The van der Waals surface area contributed by atoms with Gasteiger partial charge in [0.05, 0.1) is 17.8 Å². The van der Waals surface area contributed by atoms with Crippen molar-refractivity contribution >= 4 is 23.0 Å². The molecule has 0 fully saturated rings. The second-order valence-electron chi connectivity index (χ2n) is 7.90. The fraction of sp³-hybridized carbons (Fsp3) is 0.125. The van der Waals surface area contributed by atoms with Crippen LogP contribution in [-0.4, -0.2) is 23.7 Å². The minimum absolute atomic E-state index is 0.0214. The van der Waals surface area contributed by atoms with E-state index in [4.69, 9.17) is 0 Å². The number of halogens is 6. The van der Waals surface area contributed by atoms with Gasteiger partial charge in [-0.3, -0.25) is 5.43 Å². The van der Waals surface area contributed by atoms with Crippen molar-refractivity contribution in [3.8, 4) is 5.75 Å². The Balaban J connectivity index is 1.41. The molecule has 0 radical (unpaired) electrons. The number of urea groups is 1. The molecule has 0 saturated carbocycles. The Kier molecular flexibility index (Phi) is 5.15. The normalized spacial score (nSPS) is 17.6. The summed E-state index contributed by atoms with van der Waals surface area (Å²) in [4.78, 5) is 12.9. The number of hydrogen-bond donors (Lipinski definition) is 2. The third-order valence-corrected chi connectivity index (χ3v) is 5.61. The van der Waals surface area contributed by atoms with Crippen molar-refractivity contribution in [1.29, 1.82) is 0 Å². The summed E-state index contributed by atoms with van der Waals surface area (Å²) < 4.78 is 85.8. The number of carbonyl (C=O) groups excluding carboxylic acids is 1. The Bertz CT molecular complexity index is 1280. The summed E-state index contributed by atoms with van der Waals surface area (Å²) in [6, 6.07) is 13.0. The molecule has 0 saturated heterocycles. The van der Waals surface area contributed by atoms with E-state index in [-0.39, 0.29) is 12.2 Å². The number of benzene rings is 3. The number of anilines is 1. The highest BCUT2D eigenvalue weighted by Crippen LogP contribution is 2.53. The number of rotatable bonds is 3. The second kappa shape index (κ2) is 7.97. The monoisotopic (exact) mass is 491 g/mol. The first-order valence-corrected chi connectivity index (χ1v) is 10.2. The molecule has 0 atom stereocenters. The number of nitrogens with zero attached hydrogens (tertiary/aromatic N) is 1. The lowest BCUT2D eigenvalue weighted by atomic mass is 10.0. The van der Waals surface area contributed by atoms with E-state index in [0.29, 0.717) is 22.4 Å². The summed E-state index contributed by atoms with van der Waals surface area (Å²) in [5.41, 5.74) is 3.83. The molecule has 2 amide bonds. The number of alkyl halides is 4. The van der Waals surface area contributed by atoms with Crippen LogP contribution >= 0.6 is 0 Å². The summed E-state index contributed by atoms with van der Waals surface area (Å²) in [6.45, 7) is -0.0214. The molecule has 35 heavy (non-hydrogen) atoms. The van der Waals surface area contributed by atoms with Gasteiger partial charge >= 0.3 is 18.1 Å². The number of hydrogen-bond acceptors (Lipinski definition) is 3. The molecule has 2 N–H and O–H groups in total. The molecular formula is C24H15F6N3O2. The van der Waals surface area contributed by atoms with Crippen molar-refractivity contribution < 1.29 is 35.9 Å². The predicted octanol–water partition coefficient (Wildman–Crippen LogP) is 5.96. The van der Waals surface area contributed by atoms with E-state index in [1.807, 2.05) is 0 Å². The molecule has 0 aliphatic carbocycles. The average molecular weight is 491 g/mol. The SMILES string of the molecule is O=C(Nc1ccc2c(c1)C(F)(F)C(F)(F)O2)N1CC(c2ccc(F)cc2)=C(c2ccc(F)cc2)N1. The zero-order chi connectivity index (χ0) is 25.0. The smallest absolute Gasteiger partial charge is 0.427 e. The first-order chi connectivity index (χ1) is 16.5. The molecule has 11 heteroatoms. The summed E-state index contributed by atoms with van der Waals surface area (Å²) in [6.07, 6.45) is -4.70.